The van der Waals surface area contributed by atoms with Gasteiger partial charge in [0.15, 0.2) is 5.82 Å². The van der Waals surface area contributed by atoms with E-state index >= 15 is 0 Å². The number of nitrogens with zero attached hydrogens (tertiary/aromatic N) is 3. The summed E-state index contributed by atoms with van der Waals surface area (Å²) in [4.78, 5) is 4.34. The summed E-state index contributed by atoms with van der Waals surface area (Å²) in [7, 11) is 1.55. The fourth-order valence-corrected chi connectivity index (χ4v) is 2.85. The molecule has 0 aliphatic heterocycles. The van der Waals surface area contributed by atoms with E-state index in [0.717, 1.165) is 0 Å². The molecule has 2 aromatic carbocycles. The molecule has 0 aliphatic carbocycles. The van der Waals surface area contributed by atoms with E-state index in [1.165, 1.54) is 6.20 Å². The van der Waals surface area contributed by atoms with Crippen molar-refractivity contribution >= 4 is 57.9 Å². The van der Waals surface area contributed by atoms with Crippen molar-refractivity contribution < 1.29 is 4.74 Å². The molecule has 6 nitrogen and oxygen atoms in total. The second kappa shape index (κ2) is 7.74. The zero-order valence-corrected chi connectivity index (χ0v) is 15.2. The van der Waals surface area contributed by atoms with Gasteiger partial charge < -0.3 is 15.4 Å². The molecular formula is C16H12Cl3N5O. The van der Waals surface area contributed by atoms with Crippen molar-refractivity contribution in [2.24, 2.45) is 0 Å². The molecule has 9 heteroatoms. The summed E-state index contributed by atoms with van der Waals surface area (Å²) in [6, 6.07) is 10.4. The van der Waals surface area contributed by atoms with Gasteiger partial charge in [0.2, 0.25) is 5.95 Å². The Hall–Kier alpha value is -2.28. The topological polar surface area (TPSA) is 72.0 Å². The highest BCUT2D eigenvalue weighted by molar-refractivity contribution is 6.35. The molecule has 0 spiro atoms. The zero-order chi connectivity index (χ0) is 17.8. The van der Waals surface area contributed by atoms with Gasteiger partial charge in [0.1, 0.15) is 5.75 Å². The van der Waals surface area contributed by atoms with Crippen LogP contribution in [0.3, 0.4) is 0 Å². The number of hydrogen-bond donors (Lipinski definition) is 2. The number of anilines is 4. The van der Waals surface area contributed by atoms with E-state index in [-0.39, 0.29) is 0 Å². The maximum Gasteiger partial charge on any atom is 0.249 e. The lowest BCUT2D eigenvalue weighted by Crippen LogP contribution is -2.02. The summed E-state index contributed by atoms with van der Waals surface area (Å²) in [5.41, 5.74) is 1.40. The van der Waals surface area contributed by atoms with Crippen LogP contribution in [-0.4, -0.2) is 22.3 Å². The third-order valence-corrected chi connectivity index (χ3v) is 3.83. The van der Waals surface area contributed by atoms with Crippen LogP contribution in [0.1, 0.15) is 0 Å². The number of halogens is 3. The smallest absolute Gasteiger partial charge is 0.249 e. The van der Waals surface area contributed by atoms with Gasteiger partial charge in [-0.15, -0.1) is 5.10 Å². The predicted octanol–water partition coefficient (Wildman–Crippen LogP) is 5.33. The Labute approximate surface area is 159 Å². The van der Waals surface area contributed by atoms with E-state index in [1.54, 1.807) is 43.5 Å². The average molecular weight is 397 g/mol. The molecule has 0 radical (unpaired) electrons. The summed E-state index contributed by atoms with van der Waals surface area (Å²) >= 11 is 18.1. The predicted molar refractivity (Wildman–Crippen MR) is 101 cm³/mol. The Morgan fingerprint density at radius 2 is 1.68 bits per heavy atom. The van der Waals surface area contributed by atoms with E-state index in [2.05, 4.69) is 25.8 Å². The van der Waals surface area contributed by atoms with Gasteiger partial charge in [-0.3, -0.25) is 0 Å². The van der Waals surface area contributed by atoms with Gasteiger partial charge in [0, 0.05) is 21.4 Å². The second-order valence-corrected chi connectivity index (χ2v) is 6.20. The SMILES string of the molecule is COc1ccc(Nc2nncc(Nc3cc(Cl)cc(Cl)c3)n2)cc1Cl. The summed E-state index contributed by atoms with van der Waals surface area (Å²) in [5, 5.41) is 15.5. The summed E-state index contributed by atoms with van der Waals surface area (Å²) < 4.78 is 5.12. The molecule has 2 N–H and O–H groups in total. The molecule has 1 aromatic heterocycles. The molecule has 3 rings (SSSR count). The number of rotatable bonds is 5. The lowest BCUT2D eigenvalue weighted by molar-refractivity contribution is 0.415. The maximum absolute atomic E-state index is 6.11. The number of nitrogens with one attached hydrogen (secondary N) is 2. The van der Waals surface area contributed by atoms with Crippen LogP contribution in [0.15, 0.2) is 42.6 Å². The van der Waals surface area contributed by atoms with Crippen molar-refractivity contribution in [3.05, 3.63) is 57.7 Å². The quantitative estimate of drug-likeness (QED) is 0.607. The van der Waals surface area contributed by atoms with Crippen LogP contribution < -0.4 is 15.4 Å². The van der Waals surface area contributed by atoms with E-state index in [1.807, 2.05) is 0 Å². The van der Waals surface area contributed by atoms with Gasteiger partial charge in [-0.05, 0) is 36.4 Å². The molecular weight excluding hydrogens is 385 g/mol. The highest BCUT2D eigenvalue weighted by Crippen LogP contribution is 2.28. The number of benzene rings is 2. The van der Waals surface area contributed by atoms with E-state index in [0.29, 0.717) is 44.0 Å². The van der Waals surface area contributed by atoms with Crippen molar-refractivity contribution in [1.82, 2.24) is 15.2 Å². The van der Waals surface area contributed by atoms with Gasteiger partial charge in [0.05, 0.1) is 18.3 Å². The minimum Gasteiger partial charge on any atom is -0.495 e. The Balaban J connectivity index is 1.78. The summed E-state index contributed by atoms with van der Waals surface area (Å²) in [5.74, 6) is 1.37. The Morgan fingerprint density at radius 1 is 0.920 bits per heavy atom. The number of aromatic nitrogens is 3. The van der Waals surface area contributed by atoms with Gasteiger partial charge in [-0.25, -0.2) is 0 Å². The molecule has 128 valence electrons. The van der Waals surface area contributed by atoms with Crippen LogP contribution in [0.4, 0.5) is 23.1 Å². The van der Waals surface area contributed by atoms with Crippen molar-refractivity contribution in [3.8, 4) is 5.75 Å². The minimum absolute atomic E-state index is 0.305. The molecule has 0 fully saturated rings. The summed E-state index contributed by atoms with van der Waals surface area (Å²) in [6.45, 7) is 0. The third kappa shape index (κ3) is 4.63. The van der Waals surface area contributed by atoms with Crippen LogP contribution >= 0.6 is 34.8 Å². The van der Waals surface area contributed by atoms with Gasteiger partial charge in [-0.1, -0.05) is 34.8 Å². The second-order valence-electron chi connectivity index (χ2n) is 4.92. The molecule has 0 bridgehead atoms. The van der Waals surface area contributed by atoms with Crippen molar-refractivity contribution in [1.29, 1.82) is 0 Å². The molecule has 0 aliphatic rings. The van der Waals surface area contributed by atoms with Crippen LogP contribution in [0.5, 0.6) is 5.75 Å². The fourth-order valence-electron chi connectivity index (χ4n) is 2.06. The van der Waals surface area contributed by atoms with E-state index < -0.39 is 0 Å². The van der Waals surface area contributed by atoms with Crippen molar-refractivity contribution in [2.75, 3.05) is 17.7 Å². The standard InChI is InChI=1S/C16H12Cl3N5O/c1-25-14-3-2-11(7-13(14)19)22-16-23-15(8-20-24-16)21-12-5-9(17)4-10(18)6-12/h2-8H,1H3,(H2,21,22,23,24). The lowest BCUT2D eigenvalue weighted by Gasteiger charge is -2.09. The lowest BCUT2D eigenvalue weighted by atomic mass is 10.3. The highest BCUT2D eigenvalue weighted by atomic mass is 35.5. The van der Waals surface area contributed by atoms with Gasteiger partial charge in [-0.2, -0.15) is 10.1 Å². The first-order chi connectivity index (χ1) is 12.0. The minimum atomic E-state index is 0.305. The number of hydrogen-bond acceptors (Lipinski definition) is 6. The first kappa shape index (κ1) is 17.5. The number of methoxy groups -OCH3 is 1. The molecule has 3 aromatic rings. The first-order valence-corrected chi connectivity index (χ1v) is 8.20. The van der Waals surface area contributed by atoms with Gasteiger partial charge >= 0.3 is 0 Å². The van der Waals surface area contributed by atoms with Crippen LogP contribution in [-0.2, 0) is 0 Å². The molecule has 0 saturated carbocycles. The third-order valence-electron chi connectivity index (χ3n) is 3.10. The first-order valence-electron chi connectivity index (χ1n) is 7.07. The van der Waals surface area contributed by atoms with E-state index in [9.17, 15) is 0 Å². The molecule has 0 amide bonds. The molecule has 0 atom stereocenters. The van der Waals surface area contributed by atoms with Gasteiger partial charge in [0.25, 0.3) is 0 Å². The molecule has 1 heterocycles. The monoisotopic (exact) mass is 395 g/mol. The molecule has 0 unspecified atom stereocenters. The van der Waals surface area contributed by atoms with Crippen LogP contribution in [0.25, 0.3) is 0 Å². The molecule has 25 heavy (non-hydrogen) atoms. The zero-order valence-electron chi connectivity index (χ0n) is 12.9. The van der Waals surface area contributed by atoms with E-state index in [4.69, 9.17) is 39.5 Å². The van der Waals surface area contributed by atoms with Crippen LogP contribution in [0, 0.1) is 0 Å². The number of ether oxygens (including phenoxy) is 1. The van der Waals surface area contributed by atoms with Crippen LogP contribution in [0.2, 0.25) is 15.1 Å². The van der Waals surface area contributed by atoms with Crippen molar-refractivity contribution in [2.45, 2.75) is 0 Å². The Bertz CT molecular complexity index is 886. The Kier molecular flexibility index (Phi) is 5.43. The molecule has 0 saturated heterocycles. The maximum atomic E-state index is 6.11. The average Bonchev–Trinajstić information content (AvgIpc) is 2.54. The normalized spacial score (nSPS) is 10.4. The summed E-state index contributed by atoms with van der Waals surface area (Å²) in [6.07, 6.45) is 1.49. The largest absolute Gasteiger partial charge is 0.495 e. The fraction of sp³-hybridized carbons (Fsp3) is 0.0625. The highest BCUT2D eigenvalue weighted by Gasteiger charge is 2.06. The van der Waals surface area contributed by atoms with Crippen molar-refractivity contribution in [3.63, 3.8) is 0 Å². The Morgan fingerprint density at radius 3 is 2.36 bits per heavy atom.